The molecule has 0 spiro atoms. The van der Waals surface area contributed by atoms with E-state index in [2.05, 4.69) is 16.3 Å². The average Bonchev–Trinajstić information content (AvgIpc) is 3.57. The first-order valence-electron chi connectivity index (χ1n) is 16.7. The van der Waals surface area contributed by atoms with E-state index in [1.165, 1.54) is 11.1 Å². The van der Waals surface area contributed by atoms with Gasteiger partial charge in [0.2, 0.25) is 0 Å². The van der Waals surface area contributed by atoms with Crippen LogP contribution in [0.25, 0.3) is 21.5 Å². The molecule has 3 aromatic rings. The molecule has 3 atom stereocenters. The summed E-state index contributed by atoms with van der Waals surface area (Å²) >= 11 is 0. The maximum atomic E-state index is 11.9. The lowest BCUT2D eigenvalue weighted by Gasteiger charge is -2.41. The number of aromatic hydroxyl groups is 1. The van der Waals surface area contributed by atoms with Crippen molar-refractivity contribution in [1.29, 1.82) is 0 Å². The molecule has 258 valence electrons. The quantitative estimate of drug-likeness (QED) is 0.0952. The maximum absolute atomic E-state index is 11.9. The van der Waals surface area contributed by atoms with E-state index in [0.29, 0.717) is 32.1 Å². The standard InChI is InChI=1S/C36H50N2O9/c1-41-16-17-45-18-19-46-36(40)37-14-8-6-5-7-11-33(44-4)47-35-30-10-9-15-38(30)23-29-28-22-32(43-3)31(39)21-27(28)26-20-24(42-2)12-13-25(26)34(29)35/h12-13,20-22,30,33,35,39H,5-11,14-19,23H2,1-4H3,(H,37,40)/t30-,33?,35+/m0/s1. The molecule has 2 aliphatic rings. The molecule has 0 bridgehead atoms. The van der Waals surface area contributed by atoms with Gasteiger partial charge < -0.3 is 43.6 Å². The van der Waals surface area contributed by atoms with Crippen LogP contribution in [0.2, 0.25) is 0 Å². The van der Waals surface area contributed by atoms with E-state index >= 15 is 0 Å². The summed E-state index contributed by atoms with van der Waals surface area (Å²) in [6, 6.07) is 10.2. The summed E-state index contributed by atoms with van der Waals surface area (Å²) in [5, 5.41) is 17.7. The van der Waals surface area contributed by atoms with Gasteiger partial charge in [-0.25, -0.2) is 4.79 Å². The molecule has 47 heavy (non-hydrogen) atoms. The summed E-state index contributed by atoms with van der Waals surface area (Å²) in [6.07, 6.45) is 5.80. The Bertz CT molecular complexity index is 1480. The van der Waals surface area contributed by atoms with Crippen LogP contribution in [-0.2, 0) is 30.2 Å². The van der Waals surface area contributed by atoms with Crippen LogP contribution in [0.3, 0.4) is 0 Å². The highest BCUT2D eigenvalue weighted by molar-refractivity contribution is 6.12. The number of carbonyl (C=O) groups excluding carboxylic acids is 1. The van der Waals surface area contributed by atoms with Crippen molar-refractivity contribution in [2.24, 2.45) is 0 Å². The number of alkyl carbamates (subject to hydrolysis) is 1. The van der Waals surface area contributed by atoms with Gasteiger partial charge in [0.25, 0.3) is 0 Å². The van der Waals surface area contributed by atoms with Crippen LogP contribution < -0.4 is 14.8 Å². The first kappa shape index (κ1) is 35.0. The second-order valence-electron chi connectivity index (χ2n) is 12.1. The molecule has 11 nitrogen and oxygen atoms in total. The Hall–Kier alpha value is -3.35. The Labute approximate surface area is 277 Å². The lowest BCUT2D eigenvalue weighted by atomic mass is 9.83. The number of amides is 1. The van der Waals surface area contributed by atoms with E-state index in [1.54, 1.807) is 34.5 Å². The van der Waals surface area contributed by atoms with E-state index in [9.17, 15) is 9.90 Å². The highest BCUT2D eigenvalue weighted by atomic mass is 16.7. The van der Waals surface area contributed by atoms with Gasteiger partial charge in [-0.3, -0.25) is 4.90 Å². The van der Waals surface area contributed by atoms with Gasteiger partial charge in [-0.15, -0.1) is 0 Å². The van der Waals surface area contributed by atoms with Crippen LogP contribution >= 0.6 is 0 Å². The number of ether oxygens (including phenoxy) is 7. The van der Waals surface area contributed by atoms with Crippen molar-refractivity contribution in [3.63, 3.8) is 0 Å². The van der Waals surface area contributed by atoms with E-state index in [1.807, 2.05) is 18.2 Å². The van der Waals surface area contributed by atoms with Crippen molar-refractivity contribution in [3.8, 4) is 17.2 Å². The maximum Gasteiger partial charge on any atom is 0.407 e. The molecule has 1 unspecified atom stereocenters. The smallest absolute Gasteiger partial charge is 0.407 e. The number of fused-ring (bicyclic) bond motifs is 7. The van der Waals surface area contributed by atoms with Crippen molar-refractivity contribution in [1.82, 2.24) is 10.2 Å². The molecular weight excluding hydrogens is 604 g/mol. The number of hydrogen-bond acceptors (Lipinski definition) is 10. The average molecular weight is 655 g/mol. The van der Waals surface area contributed by atoms with Gasteiger partial charge in [0.15, 0.2) is 17.8 Å². The number of unbranched alkanes of at least 4 members (excludes halogenated alkanes) is 3. The number of carbonyl (C=O) groups is 1. The number of rotatable bonds is 18. The monoisotopic (exact) mass is 654 g/mol. The molecule has 1 fully saturated rings. The van der Waals surface area contributed by atoms with Crippen molar-refractivity contribution in [2.45, 2.75) is 69.9 Å². The Kier molecular flexibility index (Phi) is 12.8. The van der Waals surface area contributed by atoms with E-state index in [-0.39, 0.29) is 30.8 Å². The highest BCUT2D eigenvalue weighted by Crippen LogP contribution is 2.49. The fourth-order valence-electron chi connectivity index (χ4n) is 6.93. The Morgan fingerprint density at radius 1 is 0.936 bits per heavy atom. The van der Waals surface area contributed by atoms with Crippen LogP contribution in [0, 0.1) is 0 Å². The normalized spacial score (nSPS) is 18.2. The molecule has 0 aliphatic carbocycles. The summed E-state index contributed by atoms with van der Waals surface area (Å²) < 4.78 is 39.3. The SMILES string of the molecule is COCCOCCOC(=O)NCCCCCCC(OC)O[C@H]1c2c(c3cc(OC)c(O)cc3c3cc(OC)ccc23)CN2CCC[C@@H]12. The lowest BCUT2D eigenvalue weighted by molar-refractivity contribution is -0.178. The van der Waals surface area contributed by atoms with Gasteiger partial charge >= 0.3 is 6.09 Å². The third-order valence-electron chi connectivity index (χ3n) is 9.28. The van der Waals surface area contributed by atoms with Crippen molar-refractivity contribution in [2.75, 3.05) is 68.0 Å². The second-order valence-corrected chi connectivity index (χ2v) is 12.1. The number of nitrogens with one attached hydrogen (secondary N) is 1. The summed E-state index contributed by atoms with van der Waals surface area (Å²) in [6.45, 7) is 3.97. The third kappa shape index (κ3) is 8.39. The number of phenolic OH excluding ortho intramolecular Hbond substituents is 1. The third-order valence-corrected chi connectivity index (χ3v) is 9.28. The first-order valence-corrected chi connectivity index (χ1v) is 16.7. The molecule has 1 amide bonds. The fourth-order valence-corrected chi connectivity index (χ4v) is 6.93. The zero-order chi connectivity index (χ0) is 33.2. The van der Waals surface area contributed by atoms with Gasteiger partial charge in [0, 0.05) is 33.4 Å². The van der Waals surface area contributed by atoms with Crippen LogP contribution in [0.5, 0.6) is 17.2 Å². The molecule has 11 heteroatoms. The number of phenols is 1. The lowest BCUT2D eigenvalue weighted by Crippen LogP contribution is -2.41. The molecule has 0 saturated carbocycles. The van der Waals surface area contributed by atoms with Crippen molar-refractivity contribution >= 4 is 27.6 Å². The molecule has 0 radical (unpaired) electrons. The highest BCUT2D eigenvalue weighted by Gasteiger charge is 2.41. The largest absolute Gasteiger partial charge is 0.504 e. The Balaban J connectivity index is 1.24. The molecule has 5 rings (SSSR count). The van der Waals surface area contributed by atoms with Gasteiger partial charge in [-0.2, -0.15) is 0 Å². The van der Waals surface area contributed by atoms with Crippen LogP contribution in [0.1, 0.15) is 62.2 Å². The summed E-state index contributed by atoms with van der Waals surface area (Å²) in [5.41, 5.74) is 2.39. The number of methoxy groups -OCH3 is 4. The molecule has 0 aromatic heterocycles. The molecule has 2 N–H and O–H groups in total. The van der Waals surface area contributed by atoms with E-state index in [0.717, 1.165) is 85.3 Å². The second kappa shape index (κ2) is 17.2. The van der Waals surface area contributed by atoms with Gasteiger partial charge in [0.1, 0.15) is 18.5 Å². The van der Waals surface area contributed by atoms with Crippen LogP contribution in [0.15, 0.2) is 30.3 Å². The summed E-state index contributed by atoms with van der Waals surface area (Å²) in [5.74, 6) is 1.32. The summed E-state index contributed by atoms with van der Waals surface area (Å²) in [7, 11) is 6.58. The predicted octanol–water partition coefficient (Wildman–Crippen LogP) is 6.06. The zero-order valence-corrected chi connectivity index (χ0v) is 28.2. The minimum absolute atomic E-state index is 0.112. The zero-order valence-electron chi connectivity index (χ0n) is 28.2. The van der Waals surface area contributed by atoms with E-state index in [4.69, 9.17) is 33.2 Å². The fraction of sp³-hybridized carbons (Fsp3) is 0.583. The van der Waals surface area contributed by atoms with E-state index < -0.39 is 6.09 Å². The van der Waals surface area contributed by atoms with Crippen molar-refractivity contribution < 1.29 is 43.1 Å². The predicted molar refractivity (Wildman–Crippen MR) is 179 cm³/mol. The minimum Gasteiger partial charge on any atom is -0.504 e. The Morgan fingerprint density at radius 2 is 1.74 bits per heavy atom. The molecule has 2 aliphatic heterocycles. The van der Waals surface area contributed by atoms with Gasteiger partial charge in [-0.05, 0) is 95.6 Å². The van der Waals surface area contributed by atoms with Crippen molar-refractivity contribution in [3.05, 3.63) is 41.5 Å². The van der Waals surface area contributed by atoms with Crippen LogP contribution in [0.4, 0.5) is 4.79 Å². The van der Waals surface area contributed by atoms with Gasteiger partial charge in [-0.1, -0.05) is 18.9 Å². The van der Waals surface area contributed by atoms with Gasteiger partial charge in [0.05, 0.1) is 34.0 Å². The molecule has 1 saturated heterocycles. The first-order chi connectivity index (χ1) is 23.0. The number of nitrogens with zero attached hydrogens (tertiary/aromatic N) is 1. The topological polar surface area (TPSA) is 117 Å². The van der Waals surface area contributed by atoms with Crippen LogP contribution in [-0.4, -0.2) is 96.4 Å². The number of benzene rings is 3. The summed E-state index contributed by atoms with van der Waals surface area (Å²) in [4.78, 5) is 14.4. The molecule has 2 heterocycles. The molecular formula is C36H50N2O9. The minimum atomic E-state index is -0.420. The molecule has 3 aromatic carbocycles. The number of hydrogen-bond donors (Lipinski definition) is 2. The Morgan fingerprint density at radius 3 is 2.53 bits per heavy atom.